The van der Waals surface area contributed by atoms with Crippen LogP contribution in [0.5, 0.6) is 0 Å². The lowest BCUT2D eigenvalue weighted by molar-refractivity contribution is 0.409. The van der Waals surface area contributed by atoms with Crippen LogP contribution in [-0.4, -0.2) is 43.3 Å². The summed E-state index contributed by atoms with van der Waals surface area (Å²) in [6.07, 6.45) is 5.32. The molecule has 0 radical (unpaired) electrons. The maximum absolute atomic E-state index is 12.1. The van der Waals surface area contributed by atoms with Gasteiger partial charge in [0.1, 0.15) is 12.1 Å². The first-order valence-corrected chi connectivity index (χ1v) is 10.5. The first-order valence-electron chi connectivity index (χ1n) is 8.98. The van der Waals surface area contributed by atoms with Gasteiger partial charge in [-0.2, -0.15) is 0 Å². The zero-order valence-corrected chi connectivity index (χ0v) is 15.3. The van der Waals surface area contributed by atoms with E-state index in [1.165, 1.54) is 5.56 Å². The van der Waals surface area contributed by atoms with E-state index in [1.807, 2.05) is 6.07 Å². The number of aromatic nitrogens is 2. The molecule has 1 aliphatic heterocycles. The van der Waals surface area contributed by atoms with E-state index in [0.29, 0.717) is 12.5 Å². The van der Waals surface area contributed by atoms with Gasteiger partial charge in [0.25, 0.3) is 0 Å². The summed E-state index contributed by atoms with van der Waals surface area (Å²) in [6, 6.07) is 6.22. The minimum atomic E-state index is -3.10. The molecule has 1 saturated carbocycles. The number of hydrogen-bond acceptors (Lipinski definition) is 5. The average Bonchev–Trinajstić information content (AvgIpc) is 3.45. The third-order valence-electron chi connectivity index (χ3n) is 5.12. The summed E-state index contributed by atoms with van der Waals surface area (Å²) in [6.45, 7) is 4.37. The molecule has 0 bridgehead atoms. The summed E-state index contributed by atoms with van der Waals surface area (Å²) in [5.41, 5.74) is 2.14. The number of benzene rings is 1. The van der Waals surface area contributed by atoms with Crippen LogP contribution in [0.2, 0.25) is 0 Å². The molecule has 0 spiro atoms. The molecule has 1 aliphatic carbocycles. The molecule has 1 N–H and O–H groups in total. The van der Waals surface area contributed by atoms with Crippen molar-refractivity contribution in [2.45, 2.75) is 37.9 Å². The molecule has 1 atom stereocenters. The number of sulfonamides is 1. The molecule has 0 amide bonds. The van der Waals surface area contributed by atoms with E-state index in [9.17, 15) is 8.42 Å². The van der Waals surface area contributed by atoms with Crippen molar-refractivity contribution >= 4 is 26.7 Å². The van der Waals surface area contributed by atoms with Crippen molar-refractivity contribution in [3.8, 4) is 0 Å². The summed E-state index contributed by atoms with van der Waals surface area (Å²) in [5.74, 6) is 1.28. The molecule has 6 nitrogen and oxygen atoms in total. The van der Waals surface area contributed by atoms with Crippen molar-refractivity contribution in [1.29, 1.82) is 0 Å². The van der Waals surface area contributed by atoms with Gasteiger partial charge in [-0.05, 0) is 50.7 Å². The second-order valence-corrected chi connectivity index (χ2v) is 9.31. The number of fused-ring (bicyclic) bond motifs is 1. The fourth-order valence-corrected chi connectivity index (χ4v) is 5.02. The number of piperidine rings is 1. The van der Waals surface area contributed by atoms with Crippen molar-refractivity contribution in [2.75, 3.05) is 24.5 Å². The van der Waals surface area contributed by atoms with E-state index in [-0.39, 0.29) is 5.25 Å². The number of rotatable bonds is 5. The molecule has 4 rings (SSSR count). The van der Waals surface area contributed by atoms with Crippen LogP contribution in [0, 0.1) is 12.8 Å². The Kier molecular flexibility index (Phi) is 4.37. The lowest BCUT2D eigenvalue weighted by Crippen LogP contribution is -2.42. The van der Waals surface area contributed by atoms with Gasteiger partial charge in [-0.1, -0.05) is 11.6 Å². The van der Waals surface area contributed by atoms with Gasteiger partial charge in [0, 0.05) is 25.0 Å². The first kappa shape index (κ1) is 16.7. The van der Waals surface area contributed by atoms with Crippen LogP contribution in [0.1, 0.15) is 31.2 Å². The molecule has 1 saturated heterocycles. The van der Waals surface area contributed by atoms with Crippen molar-refractivity contribution < 1.29 is 8.42 Å². The Morgan fingerprint density at radius 2 is 2.08 bits per heavy atom. The lowest BCUT2D eigenvalue weighted by Gasteiger charge is -2.34. The highest BCUT2D eigenvalue weighted by Gasteiger charge is 2.36. The molecule has 134 valence electrons. The smallest absolute Gasteiger partial charge is 0.214 e. The SMILES string of the molecule is Cc1ccc2ncnc(N3CCCC(CNS(=O)(=O)C4CC4)C3)c2c1. The fourth-order valence-electron chi connectivity index (χ4n) is 3.56. The maximum Gasteiger partial charge on any atom is 0.214 e. The molecule has 2 aliphatic rings. The van der Waals surface area contributed by atoms with E-state index >= 15 is 0 Å². The van der Waals surface area contributed by atoms with Crippen LogP contribution in [0.3, 0.4) is 0 Å². The summed E-state index contributed by atoms with van der Waals surface area (Å²) < 4.78 is 26.9. The van der Waals surface area contributed by atoms with E-state index in [0.717, 1.165) is 55.5 Å². The third-order valence-corrected chi connectivity index (χ3v) is 7.04. The molecule has 25 heavy (non-hydrogen) atoms. The molecule has 1 aromatic carbocycles. The Morgan fingerprint density at radius 3 is 2.88 bits per heavy atom. The predicted octanol–water partition coefficient (Wildman–Crippen LogP) is 2.24. The minimum Gasteiger partial charge on any atom is -0.356 e. The highest BCUT2D eigenvalue weighted by Crippen LogP contribution is 2.29. The molecule has 1 unspecified atom stereocenters. The maximum atomic E-state index is 12.1. The van der Waals surface area contributed by atoms with Gasteiger partial charge in [0.15, 0.2) is 0 Å². The van der Waals surface area contributed by atoms with E-state index in [1.54, 1.807) is 6.33 Å². The Hall–Kier alpha value is -1.73. The number of nitrogens with zero attached hydrogens (tertiary/aromatic N) is 3. The van der Waals surface area contributed by atoms with Gasteiger partial charge < -0.3 is 4.90 Å². The quantitative estimate of drug-likeness (QED) is 0.885. The van der Waals surface area contributed by atoms with Gasteiger partial charge in [-0.15, -0.1) is 0 Å². The van der Waals surface area contributed by atoms with Crippen molar-refractivity contribution in [1.82, 2.24) is 14.7 Å². The Labute approximate surface area is 148 Å². The van der Waals surface area contributed by atoms with Gasteiger partial charge in [-0.25, -0.2) is 23.1 Å². The zero-order valence-electron chi connectivity index (χ0n) is 14.5. The number of anilines is 1. The summed E-state index contributed by atoms with van der Waals surface area (Å²) in [7, 11) is -3.10. The van der Waals surface area contributed by atoms with E-state index in [4.69, 9.17) is 0 Å². The average molecular weight is 360 g/mol. The van der Waals surface area contributed by atoms with Gasteiger partial charge in [-0.3, -0.25) is 0 Å². The largest absolute Gasteiger partial charge is 0.356 e. The number of hydrogen-bond donors (Lipinski definition) is 1. The third kappa shape index (κ3) is 3.62. The van der Waals surface area contributed by atoms with Crippen molar-refractivity contribution in [3.63, 3.8) is 0 Å². The fraction of sp³-hybridized carbons (Fsp3) is 0.556. The normalized spacial score (nSPS) is 21.6. The molecule has 2 fully saturated rings. The second kappa shape index (κ2) is 6.53. The molecule has 2 aromatic rings. The highest BCUT2D eigenvalue weighted by atomic mass is 32.2. The Morgan fingerprint density at radius 1 is 1.24 bits per heavy atom. The highest BCUT2D eigenvalue weighted by molar-refractivity contribution is 7.90. The van der Waals surface area contributed by atoms with Gasteiger partial charge >= 0.3 is 0 Å². The summed E-state index contributed by atoms with van der Waals surface area (Å²) in [4.78, 5) is 11.2. The van der Waals surface area contributed by atoms with Crippen LogP contribution < -0.4 is 9.62 Å². The predicted molar refractivity (Wildman–Crippen MR) is 99.2 cm³/mol. The number of nitrogens with one attached hydrogen (secondary N) is 1. The lowest BCUT2D eigenvalue weighted by atomic mass is 9.98. The van der Waals surface area contributed by atoms with Crippen LogP contribution in [0.4, 0.5) is 5.82 Å². The molecule has 1 aromatic heterocycles. The summed E-state index contributed by atoms with van der Waals surface area (Å²) in [5, 5.41) is 0.919. The molecule has 2 heterocycles. The van der Waals surface area contributed by atoms with Crippen LogP contribution in [-0.2, 0) is 10.0 Å². The minimum absolute atomic E-state index is 0.152. The van der Waals surface area contributed by atoms with Gasteiger partial charge in [0.05, 0.1) is 10.8 Å². The topological polar surface area (TPSA) is 75.2 Å². The van der Waals surface area contributed by atoms with Crippen molar-refractivity contribution in [2.24, 2.45) is 5.92 Å². The van der Waals surface area contributed by atoms with Gasteiger partial charge in [0.2, 0.25) is 10.0 Å². The Bertz CT molecular complexity index is 880. The van der Waals surface area contributed by atoms with Crippen LogP contribution in [0.25, 0.3) is 10.9 Å². The number of aryl methyl sites for hydroxylation is 1. The molecule has 7 heteroatoms. The second-order valence-electron chi connectivity index (χ2n) is 7.26. The van der Waals surface area contributed by atoms with E-state index < -0.39 is 10.0 Å². The zero-order chi connectivity index (χ0) is 17.4. The Balaban J connectivity index is 1.50. The molecular weight excluding hydrogens is 336 g/mol. The summed E-state index contributed by atoms with van der Waals surface area (Å²) >= 11 is 0. The first-order chi connectivity index (χ1) is 12.0. The van der Waals surface area contributed by atoms with Crippen LogP contribution in [0.15, 0.2) is 24.5 Å². The monoisotopic (exact) mass is 360 g/mol. The van der Waals surface area contributed by atoms with E-state index in [2.05, 4.69) is 38.6 Å². The standard InChI is InChI=1S/C18H24N4O2S/c1-13-4-7-17-16(9-13)18(20-12-19-17)22-8-2-3-14(11-22)10-21-25(23,24)15-5-6-15/h4,7,9,12,14-15,21H,2-3,5-6,8,10-11H2,1H3. The molecular formula is C18H24N4O2S. The van der Waals surface area contributed by atoms with Crippen LogP contribution >= 0.6 is 0 Å². The van der Waals surface area contributed by atoms with Crippen molar-refractivity contribution in [3.05, 3.63) is 30.1 Å².